The number of hydrogen-bond donors (Lipinski definition) is 2. The van der Waals surface area contributed by atoms with Gasteiger partial charge in [-0.1, -0.05) is 13.8 Å². The number of fused-ring (bicyclic) bond motifs is 2. The van der Waals surface area contributed by atoms with Crippen molar-refractivity contribution in [2.75, 3.05) is 13.1 Å². The zero-order valence-electron chi connectivity index (χ0n) is 14.2. The number of nitrogens with zero attached hydrogens (tertiary/aromatic N) is 4. The van der Waals surface area contributed by atoms with E-state index < -0.39 is 0 Å². The molecular formula is C16H26Cl2N6. The maximum Gasteiger partial charge on any atom is 0.0768 e. The molecule has 0 spiro atoms. The van der Waals surface area contributed by atoms with Crippen LogP contribution in [0.5, 0.6) is 0 Å². The highest BCUT2D eigenvalue weighted by atomic mass is 35.5. The van der Waals surface area contributed by atoms with Gasteiger partial charge in [-0.05, 0) is 12.0 Å². The molecule has 0 saturated carbocycles. The summed E-state index contributed by atoms with van der Waals surface area (Å²) in [6.45, 7) is 10.4. The molecule has 2 aliphatic heterocycles. The third-order valence-corrected chi connectivity index (χ3v) is 4.70. The lowest BCUT2D eigenvalue weighted by molar-refractivity contribution is 0.240. The van der Waals surface area contributed by atoms with E-state index in [1.54, 1.807) is 0 Å². The Kier molecular flexibility index (Phi) is 6.31. The first kappa shape index (κ1) is 19.2. The van der Waals surface area contributed by atoms with Gasteiger partial charge < -0.3 is 5.32 Å². The Morgan fingerprint density at radius 2 is 2.08 bits per heavy atom. The summed E-state index contributed by atoms with van der Waals surface area (Å²) >= 11 is 0. The molecule has 134 valence electrons. The van der Waals surface area contributed by atoms with E-state index in [9.17, 15) is 0 Å². The van der Waals surface area contributed by atoms with Gasteiger partial charge in [0.2, 0.25) is 0 Å². The van der Waals surface area contributed by atoms with Crippen LogP contribution in [0.15, 0.2) is 6.07 Å². The van der Waals surface area contributed by atoms with E-state index in [2.05, 4.69) is 45.0 Å². The van der Waals surface area contributed by atoms with Gasteiger partial charge in [0.25, 0.3) is 0 Å². The Bertz CT molecular complexity index is 655. The zero-order chi connectivity index (χ0) is 15.1. The molecule has 2 aromatic rings. The molecule has 0 aliphatic carbocycles. The number of aromatic amines is 1. The van der Waals surface area contributed by atoms with Gasteiger partial charge in [0.05, 0.1) is 23.6 Å². The molecule has 2 N–H and O–H groups in total. The Labute approximate surface area is 155 Å². The van der Waals surface area contributed by atoms with Crippen LogP contribution in [0.25, 0.3) is 0 Å². The second kappa shape index (κ2) is 7.87. The number of aromatic nitrogens is 4. The van der Waals surface area contributed by atoms with Crippen LogP contribution >= 0.6 is 24.8 Å². The van der Waals surface area contributed by atoms with Crippen molar-refractivity contribution in [2.45, 2.75) is 52.4 Å². The number of halogens is 2. The third-order valence-electron chi connectivity index (χ3n) is 4.70. The molecule has 0 bridgehead atoms. The van der Waals surface area contributed by atoms with Gasteiger partial charge >= 0.3 is 0 Å². The van der Waals surface area contributed by atoms with Gasteiger partial charge in [-0.25, -0.2) is 0 Å². The van der Waals surface area contributed by atoms with Crippen molar-refractivity contribution >= 4 is 24.8 Å². The zero-order valence-corrected chi connectivity index (χ0v) is 15.8. The average Bonchev–Trinajstić information content (AvgIpc) is 3.09. The molecule has 0 atom stereocenters. The van der Waals surface area contributed by atoms with E-state index >= 15 is 0 Å². The summed E-state index contributed by atoms with van der Waals surface area (Å²) < 4.78 is 2.15. The van der Waals surface area contributed by atoms with E-state index in [-0.39, 0.29) is 24.8 Å². The maximum absolute atomic E-state index is 4.76. The van der Waals surface area contributed by atoms with Crippen LogP contribution in [-0.2, 0) is 32.6 Å². The normalized spacial score (nSPS) is 17.0. The Morgan fingerprint density at radius 3 is 2.83 bits per heavy atom. The second-order valence-electron chi connectivity index (χ2n) is 6.71. The van der Waals surface area contributed by atoms with Crippen LogP contribution in [-0.4, -0.2) is 38.0 Å². The minimum atomic E-state index is 0. The number of hydrogen-bond acceptors (Lipinski definition) is 4. The Balaban J connectivity index is 0.00000104. The SMILES string of the molecule is CC(C)c1n[nH]c2c1CN(Cc1cc3n(n1)CCNC3)CC2.Cl.Cl. The van der Waals surface area contributed by atoms with Crippen LogP contribution < -0.4 is 5.32 Å². The minimum absolute atomic E-state index is 0. The monoisotopic (exact) mass is 372 g/mol. The standard InChI is InChI=1S/C16H24N6.2ClH/c1-11(2)16-14-10-21(5-3-15(14)18-19-16)9-12-7-13-8-17-4-6-22(13)20-12;;/h7,11,17H,3-6,8-10H2,1-2H3,(H,18,19);2*1H. The highest BCUT2D eigenvalue weighted by Gasteiger charge is 2.24. The van der Waals surface area contributed by atoms with Gasteiger partial charge in [-0.2, -0.15) is 10.2 Å². The Hall–Kier alpha value is -1.08. The van der Waals surface area contributed by atoms with Crippen molar-refractivity contribution in [3.8, 4) is 0 Å². The molecule has 0 aromatic carbocycles. The molecule has 2 aliphatic rings. The summed E-state index contributed by atoms with van der Waals surface area (Å²) in [6, 6.07) is 2.25. The Morgan fingerprint density at radius 1 is 1.25 bits per heavy atom. The van der Waals surface area contributed by atoms with Crippen LogP contribution in [0.3, 0.4) is 0 Å². The summed E-state index contributed by atoms with van der Waals surface area (Å²) in [5.74, 6) is 0.478. The van der Waals surface area contributed by atoms with Crippen LogP contribution in [0.4, 0.5) is 0 Å². The van der Waals surface area contributed by atoms with Crippen molar-refractivity contribution in [1.82, 2.24) is 30.2 Å². The molecule has 24 heavy (non-hydrogen) atoms. The summed E-state index contributed by atoms with van der Waals surface area (Å²) in [7, 11) is 0. The predicted molar refractivity (Wildman–Crippen MR) is 98.9 cm³/mol. The van der Waals surface area contributed by atoms with Gasteiger partial charge in [0, 0.05) is 50.4 Å². The largest absolute Gasteiger partial charge is 0.309 e. The van der Waals surface area contributed by atoms with Gasteiger partial charge in [-0.3, -0.25) is 14.7 Å². The van der Waals surface area contributed by atoms with Crippen molar-refractivity contribution in [3.05, 3.63) is 34.4 Å². The molecule has 2 aromatic heterocycles. The van der Waals surface area contributed by atoms with Crippen LogP contribution in [0.1, 0.15) is 48.1 Å². The third kappa shape index (κ3) is 3.61. The topological polar surface area (TPSA) is 61.8 Å². The average molecular weight is 373 g/mol. The molecule has 6 nitrogen and oxygen atoms in total. The smallest absolute Gasteiger partial charge is 0.0768 e. The second-order valence-corrected chi connectivity index (χ2v) is 6.71. The first-order valence-corrected chi connectivity index (χ1v) is 8.25. The summed E-state index contributed by atoms with van der Waals surface area (Å²) in [4.78, 5) is 2.49. The maximum atomic E-state index is 4.76. The van der Waals surface area contributed by atoms with E-state index in [0.29, 0.717) is 5.92 Å². The fraction of sp³-hybridized carbons (Fsp3) is 0.625. The molecule has 4 rings (SSSR count). The summed E-state index contributed by atoms with van der Waals surface area (Å²) in [5, 5.41) is 15.9. The molecule has 0 amide bonds. The van der Waals surface area contributed by atoms with E-state index in [0.717, 1.165) is 45.7 Å². The van der Waals surface area contributed by atoms with Gasteiger partial charge in [0.1, 0.15) is 0 Å². The van der Waals surface area contributed by atoms with Crippen LogP contribution in [0.2, 0.25) is 0 Å². The van der Waals surface area contributed by atoms with Crippen molar-refractivity contribution in [3.63, 3.8) is 0 Å². The first-order valence-electron chi connectivity index (χ1n) is 8.25. The highest BCUT2D eigenvalue weighted by molar-refractivity contribution is 5.85. The molecule has 8 heteroatoms. The number of rotatable bonds is 3. The molecule has 0 unspecified atom stereocenters. The lowest BCUT2D eigenvalue weighted by atomic mass is 9.99. The van der Waals surface area contributed by atoms with E-state index in [4.69, 9.17) is 5.10 Å². The van der Waals surface area contributed by atoms with E-state index in [1.165, 1.54) is 28.3 Å². The fourth-order valence-electron chi connectivity index (χ4n) is 3.54. The predicted octanol–water partition coefficient (Wildman–Crippen LogP) is 2.23. The number of nitrogens with one attached hydrogen (secondary N) is 2. The lowest BCUT2D eigenvalue weighted by Gasteiger charge is -2.26. The van der Waals surface area contributed by atoms with E-state index in [1.807, 2.05) is 0 Å². The summed E-state index contributed by atoms with van der Waals surface area (Å²) in [5.41, 5.74) is 6.47. The number of H-pyrrole nitrogens is 1. The molecule has 0 fully saturated rings. The quantitative estimate of drug-likeness (QED) is 0.866. The van der Waals surface area contributed by atoms with Crippen molar-refractivity contribution < 1.29 is 0 Å². The lowest BCUT2D eigenvalue weighted by Crippen LogP contribution is -2.30. The fourth-order valence-corrected chi connectivity index (χ4v) is 3.54. The van der Waals surface area contributed by atoms with Crippen LogP contribution in [0, 0.1) is 0 Å². The summed E-state index contributed by atoms with van der Waals surface area (Å²) in [6.07, 6.45) is 1.06. The molecule has 0 radical (unpaired) electrons. The first-order chi connectivity index (χ1) is 10.7. The van der Waals surface area contributed by atoms with Gasteiger partial charge in [0.15, 0.2) is 0 Å². The van der Waals surface area contributed by atoms with Crippen molar-refractivity contribution in [2.24, 2.45) is 0 Å². The van der Waals surface area contributed by atoms with Crippen molar-refractivity contribution in [1.29, 1.82) is 0 Å². The highest BCUT2D eigenvalue weighted by Crippen LogP contribution is 2.26. The molecular weight excluding hydrogens is 347 g/mol. The minimum Gasteiger partial charge on any atom is -0.309 e. The molecule has 4 heterocycles. The molecule has 0 saturated heterocycles. The van der Waals surface area contributed by atoms with Gasteiger partial charge in [-0.15, -0.1) is 24.8 Å².